The van der Waals surface area contributed by atoms with E-state index in [2.05, 4.69) is 34.4 Å². The highest BCUT2D eigenvalue weighted by molar-refractivity contribution is 6.52. The minimum atomic E-state index is -0.745. The lowest BCUT2D eigenvalue weighted by Gasteiger charge is -2.26. The zero-order chi connectivity index (χ0) is 21.2. The van der Waals surface area contributed by atoms with E-state index in [0.717, 1.165) is 12.0 Å². The number of hydrogen-bond acceptors (Lipinski definition) is 5. The number of aromatic nitrogens is 2. The SMILES string of the molecule is COB(C)[C@H](CC(C)C)NC(=O)[C@H](Cc1ccccc1)NC(=O)c1cnccn1. The number of carbonyl (C=O) groups is 2. The van der Waals surface area contributed by atoms with Crippen LogP contribution >= 0.6 is 0 Å². The third-order valence-electron chi connectivity index (χ3n) is 4.69. The Kier molecular flexibility index (Phi) is 8.80. The minimum absolute atomic E-state index is 0.144. The van der Waals surface area contributed by atoms with Gasteiger partial charge in [-0.15, -0.1) is 0 Å². The van der Waals surface area contributed by atoms with Crippen molar-refractivity contribution in [3.8, 4) is 0 Å². The molecule has 0 aliphatic rings. The maximum atomic E-state index is 13.1. The van der Waals surface area contributed by atoms with Crippen LogP contribution in [0.2, 0.25) is 6.82 Å². The molecule has 0 saturated carbocycles. The fourth-order valence-electron chi connectivity index (χ4n) is 3.03. The molecule has 0 spiro atoms. The van der Waals surface area contributed by atoms with Crippen LogP contribution in [0.4, 0.5) is 0 Å². The lowest BCUT2D eigenvalue weighted by Crippen LogP contribution is -2.54. The molecule has 1 aromatic heterocycles. The zero-order valence-corrected chi connectivity index (χ0v) is 17.5. The monoisotopic (exact) mass is 396 g/mol. The Morgan fingerprint density at radius 1 is 1.14 bits per heavy atom. The molecule has 2 atom stereocenters. The summed E-state index contributed by atoms with van der Waals surface area (Å²) in [5.41, 5.74) is 1.12. The van der Waals surface area contributed by atoms with Gasteiger partial charge in [-0.25, -0.2) is 4.98 Å². The number of rotatable bonds is 10. The predicted octanol–water partition coefficient (Wildman–Crippen LogP) is 2.16. The molecule has 0 radical (unpaired) electrons. The van der Waals surface area contributed by atoms with Crippen molar-refractivity contribution in [1.82, 2.24) is 20.6 Å². The van der Waals surface area contributed by atoms with Crippen molar-refractivity contribution in [1.29, 1.82) is 0 Å². The van der Waals surface area contributed by atoms with Gasteiger partial charge in [-0.1, -0.05) is 51.0 Å². The van der Waals surface area contributed by atoms with Gasteiger partial charge in [0.05, 0.1) is 6.20 Å². The fourth-order valence-corrected chi connectivity index (χ4v) is 3.03. The van der Waals surface area contributed by atoms with Crippen molar-refractivity contribution in [2.24, 2.45) is 5.92 Å². The maximum Gasteiger partial charge on any atom is 0.312 e. The molecule has 8 heteroatoms. The molecule has 1 heterocycles. The Morgan fingerprint density at radius 2 is 1.86 bits per heavy atom. The van der Waals surface area contributed by atoms with Crippen molar-refractivity contribution in [2.45, 2.75) is 45.5 Å². The molecule has 2 aromatic rings. The Hall–Kier alpha value is -2.74. The second-order valence-corrected chi connectivity index (χ2v) is 7.49. The van der Waals surface area contributed by atoms with Gasteiger partial charge in [-0.3, -0.25) is 14.6 Å². The smallest absolute Gasteiger partial charge is 0.312 e. The van der Waals surface area contributed by atoms with E-state index < -0.39 is 11.9 Å². The molecule has 0 saturated heterocycles. The van der Waals surface area contributed by atoms with Gasteiger partial charge in [0.2, 0.25) is 5.91 Å². The molecule has 7 nitrogen and oxygen atoms in total. The average Bonchev–Trinajstić information content (AvgIpc) is 2.73. The highest BCUT2D eigenvalue weighted by atomic mass is 16.4. The number of carbonyl (C=O) groups excluding carboxylic acids is 2. The first-order valence-electron chi connectivity index (χ1n) is 9.84. The maximum absolute atomic E-state index is 13.1. The lowest BCUT2D eigenvalue weighted by molar-refractivity contribution is -0.123. The Morgan fingerprint density at radius 3 is 2.45 bits per heavy atom. The van der Waals surface area contributed by atoms with E-state index in [1.807, 2.05) is 37.2 Å². The summed E-state index contributed by atoms with van der Waals surface area (Å²) in [5.74, 6) is -0.450. The van der Waals surface area contributed by atoms with Crippen molar-refractivity contribution in [2.75, 3.05) is 7.11 Å². The summed E-state index contributed by atoms with van der Waals surface area (Å²) < 4.78 is 5.44. The summed E-state index contributed by atoms with van der Waals surface area (Å²) in [6.07, 6.45) is 5.46. The van der Waals surface area contributed by atoms with Gasteiger partial charge in [0, 0.05) is 31.9 Å². The van der Waals surface area contributed by atoms with E-state index >= 15 is 0 Å². The van der Waals surface area contributed by atoms with E-state index in [4.69, 9.17) is 4.65 Å². The van der Waals surface area contributed by atoms with Crippen molar-refractivity contribution >= 4 is 18.7 Å². The molecule has 29 heavy (non-hydrogen) atoms. The molecule has 2 amide bonds. The standard InChI is InChI=1S/C21H29BN4O3/c1-15(2)12-19(22(3)29-4)26-20(27)17(13-16-8-6-5-7-9-16)25-21(28)18-14-23-10-11-24-18/h5-11,14-15,17,19H,12-13H2,1-4H3,(H,25,28)(H,26,27)/t17-,19-/m0/s1. The normalized spacial score (nSPS) is 12.9. The second-order valence-electron chi connectivity index (χ2n) is 7.49. The first kappa shape index (κ1) is 22.6. The number of benzene rings is 1. The van der Waals surface area contributed by atoms with Gasteiger partial charge < -0.3 is 15.3 Å². The van der Waals surface area contributed by atoms with Crippen molar-refractivity contribution < 1.29 is 14.2 Å². The van der Waals surface area contributed by atoms with Crippen LogP contribution < -0.4 is 10.6 Å². The van der Waals surface area contributed by atoms with Crippen molar-refractivity contribution in [3.63, 3.8) is 0 Å². The van der Waals surface area contributed by atoms with Crippen LogP contribution in [-0.4, -0.2) is 47.8 Å². The highest BCUT2D eigenvalue weighted by Gasteiger charge is 2.29. The predicted molar refractivity (Wildman–Crippen MR) is 113 cm³/mol. The molecule has 0 aliphatic heterocycles. The van der Waals surface area contributed by atoms with E-state index in [1.165, 1.54) is 18.6 Å². The molecule has 154 valence electrons. The Bertz CT molecular complexity index is 774. The van der Waals surface area contributed by atoms with Crippen LogP contribution in [0, 0.1) is 5.92 Å². The Labute approximate surface area is 172 Å². The quantitative estimate of drug-likeness (QED) is 0.601. The summed E-state index contributed by atoms with van der Waals surface area (Å²) in [7, 11) is 1.63. The van der Waals surface area contributed by atoms with Gasteiger partial charge in [-0.05, 0) is 17.9 Å². The molecule has 0 bridgehead atoms. The zero-order valence-electron chi connectivity index (χ0n) is 17.5. The van der Waals surface area contributed by atoms with E-state index in [-0.39, 0.29) is 24.5 Å². The third kappa shape index (κ3) is 7.31. The first-order chi connectivity index (χ1) is 13.9. The van der Waals surface area contributed by atoms with Crippen LogP contribution in [0.15, 0.2) is 48.9 Å². The van der Waals surface area contributed by atoms with Crippen LogP contribution in [0.1, 0.15) is 36.3 Å². The van der Waals surface area contributed by atoms with Crippen LogP contribution in [0.5, 0.6) is 0 Å². The van der Waals surface area contributed by atoms with Crippen LogP contribution in [0.3, 0.4) is 0 Å². The molecule has 0 fully saturated rings. The highest BCUT2D eigenvalue weighted by Crippen LogP contribution is 2.10. The van der Waals surface area contributed by atoms with Gasteiger partial charge >= 0.3 is 6.92 Å². The number of amides is 2. The molecule has 2 N–H and O–H groups in total. The summed E-state index contributed by atoms with van der Waals surface area (Å²) in [6, 6.07) is 8.84. The van der Waals surface area contributed by atoms with Crippen LogP contribution in [-0.2, 0) is 15.9 Å². The third-order valence-corrected chi connectivity index (χ3v) is 4.69. The first-order valence-corrected chi connectivity index (χ1v) is 9.84. The molecule has 0 unspecified atom stereocenters. The second kappa shape index (κ2) is 11.3. The molecular formula is C21H29BN4O3. The fraction of sp³-hybridized carbons (Fsp3) is 0.429. The van der Waals surface area contributed by atoms with Gasteiger partial charge in [-0.2, -0.15) is 0 Å². The van der Waals surface area contributed by atoms with E-state index in [1.54, 1.807) is 7.11 Å². The lowest BCUT2D eigenvalue weighted by atomic mass is 9.60. The molecular weight excluding hydrogens is 367 g/mol. The Balaban J connectivity index is 2.18. The summed E-state index contributed by atoms with van der Waals surface area (Å²) in [5, 5.41) is 5.86. The average molecular weight is 396 g/mol. The molecule has 1 aromatic carbocycles. The van der Waals surface area contributed by atoms with Crippen LogP contribution in [0.25, 0.3) is 0 Å². The largest absolute Gasteiger partial charge is 0.437 e. The summed E-state index contributed by atoms with van der Waals surface area (Å²) in [6.45, 7) is 5.98. The molecule has 2 rings (SSSR count). The molecule has 0 aliphatic carbocycles. The summed E-state index contributed by atoms with van der Waals surface area (Å²) >= 11 is 0. The van der Waals surface area contributed by atoms with Gasteiger partial charge in [0.25, 0.3) is 5.91 Å². The van der Waals surface area contributed by atoms with E-state index in [9.17, 15) is 9.59 Å². The number of hydrogen-bond donors (Lipinski definition) is 2. The summed E-state index contributed by atoms with van der Waals surface area (Å²) in [4.78, 5) is 33.6. The van der Waals surface area contributed by atoms with E-state index in [0.29, 0.717) is 12.3 Å². The van der Waals surface area contributed by atoms with Crippen molar-refractivity contribution in [3.05, 3.63) is 60.2 Å². The number of nitrogens with zero attached hydrogens (tertiary/aromatic N) is 2. The number of nitrogens with one attached hydrogen (secondary N) is 2. The minimum Gasteiger partial charge on any atom is -0.437 e. The topological polar surface area (TPSA) is 93.2 Å². The van der Waals surface area contributed by atoms with Gasteiger partial charge in [0.1, 0.15) is 11.7 Å². The van der Waals surface area contributed by atoms with Gasteiger partial charge in [0.15, 0.2) is 0 Å².